The van der Waals surface area contributed by atoms with Crippen molar-refractivity contribution >= 4 is 0 Å². The highest BCUT2D eigenvalue weighted by atomic mass is 19.4. The molecule has 0 aliphatic carbocycles. The summed E-state index contributed by atoms with van der Waals surface area (Å²) in [6, 6.07) is -0.582. The Balaban J connectivity index is 4.55. The fourth-order valence-electron chi connectivity index (χ4n) is 1.03. The lowest BCUT2D eigenvalue weighted by atomic mass is 9.93. The number of hydrogen-bond donors (Lipinski definition) is 1. The number of rotatable bonds is 3. The van der Waals surface area contributed by atoms with Gasteiger partial charge in [0.05, 0.1) is 12.1 Å². The molecule has 0 unspecified atom stereocenters. The van der Waals surface area contributed by atoms with Crippen LogP contribution in [0.25, 0.3) is 0 Å². The van der Waals surface area contributed by atoms with Gasteiger partial charge in [-0.25, -0.2) is 0 Å². The molecule has 0 radical (unpaired) electrons. The van der Waals surface area contributed by atoms with Crippen LogP contribution in [-0.2, 0) is 0 Å². The van der Waals surface area contributed by atoms with Gasteiger partial charge in [-0.2, -0.15) is 31.6 Å². The molecule has 0 amide bonds. The third-order valence-electron chi connectivity index (χ3n) is 1.64. The van der Waals surface area contributed by atoms with Gasteiger partial charge >= 0.3 is 12.4 Å². The van der Waals surface area contributed by atoms with Crippen molar-refractivity contribution in [3.8, 4) is 6.07 Å². The fraction of sp³-hybridized carbons (Fsp3) is 0.857. The second kappa shape index (κ2) is 4.70. The van der Waals surface area contributed by atoms with Crippen LogP contribution in [0.2, 0.25) is 0 Å². The Morgan fingerprint density at radius 3 is 1.53 bits per heavy atom. The molecule has 88 valence electrons. The highest BCUT2D eigenvalue weighted by Gasteiger charge is 2.41. The minimum Gasteiger partial charge on any atom is -0.316 e. The van der Waals surface area contributed by atoms with E-state index in [1.807, 2.05) is 0 Å². The molecule has 8 heteroatoms. The average molecular weight is 234 g/mol. The first-order valence-electron chi connectivity index (χ1n) is 3.84. The molecule has 0 spiro atoms. The van der Waals surface area contributed by atoms with Gasteiger partial charge in [0.2, 0.25) is 0 Å². The molecule has 0 aliphatic rings. The van der Waals surface area contributed by atoms with Crippen molar-refractivity contribution in [3.05, 3.63) is 0 Å². The van der Waals surface area contributed by atoms with Crippen molar-refractivity contribution in [2.24, 2.45) is 11.7 Å². The molecule has 0 bridgehead atoms. The van der Waals surface area contributed by atoms with Crippen LogP contribution in [0, 0.1) is 17.2 Å². The van der Waals surface area contributed by atoms with Crippen LogP contribution >= 0.6 is 0 Å². The summed E-state index contributed by atoms with van der Waals surface area (Å²) in [5.74, 6) is -1.95. The summed E-state index contributed by atoms with van der Waals surface area (Å²) in [6.07, 6.45) is -12.9. The van der Waals surface area contributed by atoms with Crippen molar-refractivity contribution in [1.29, 1.82) is 5.26 Å². The third kappa shape index (κ3) is 7.02. The number of nitriles is 1. The molecule has 0 aromatic carbocycles. The molecule has 0 saturated heterocycles. The monoisotopic (exact) mass is 234 g/mol. The Morgan fingerprint density at radius 1 is 1.00 bits per heavy atom. The molecular weight excluding hydrogens is 226 g/mol. The quantitative estimate of drug-likeness (QED) is 0.762. The largest absolute Gasteiger partial charge is 0.389 e. The second-order valence-electron chi connectivity index (χ2n) is 3.05. The lowest BCUT2D eigenvalue weighted by Gasteiger charge is -2.21. The minimum atomic E-state index is -4.76. The van der Waals surface area contributed by atoms with Crippen LogP contribution in [0.3, 0.4) is 0 Å². The molecule has 1 atom stereocenters. The van der Waals surface area contributed by atoms with E-state index < -0.39 is 37.2 Å². The summed E-state index contributed by atoms with van der Waals surface area (Å²) in [6.45, 7) is 0. The topological polar surface area (TPSA) is 49.8 Å². The van der Waals surface area contributed by atoms with Gasteiger partial charge in [0.15, 0.2) is 0 Å². The third-order valence-corrected chi connectivity index (χ3v) is 1.64. The molecule has 2 nitrogen and oxygen atoms in total. The number of nitrogens with two attached hydrogens (primary N) is 1. The fourth-order valence-corrected chi connectivity index (χ4v) is 1.03. The predicted octanol–water partition coefficient (Wildman–Crippen LogP) is 2.36. The van der Waals surface area contributed by atoms with E-state index in [2.05, 4.69) is 0 Å². The molecule has 0 aliphatic heterocycles. The van der Waals surface area contributed by atoms with Gasteiger partial charge in [-0.15, -0.1) is 0 Å². The molecule has 0 aromatic rings. The van der Waals surface area contributed by atoms with Crippen molar-refractivity contribution in [2.45, 2.75) is 31.2 Å². The molecule has 0 saturated carbocycles. The number of hydrogen-bond acceptors (Lipinski definition) is 2. The Kier molecular flexibility index (Phi) is 4.40. The summed E-state index contributed by atoms with van der Waals surface area (Å²) in [4.78, 5) is 0. The molecule has 0 fully saturated rings. The van der Waals surface area contributed by atoms with E-state index in [4.69, 9.17) is 11.0 Å². The summed E-state index contributed by atoms with van der Waals surface area (Å²) in [5.41, 5.74) is 4.87. The number of halogens is 6. The van der Waals surface area contributed by atoms with Crippen molar-refractivity contribution < 1.29 is 26.3 Å². The summed E-state index contributed by atoms with van der Waals surface area (Å²) in [5, 5.41) is 8.19. The summed E-state index contributed by atoms with van der Waals surface area (Å²) in [7, 11) is 0. The highest BCUT2D eigenvalue weighted by Crippen LogP contribution is 2.33. The van der Waals surface area contributed by atoms with E-state index in [-0.39, 0.29) is 0 Å². The zero-order chi connectivity index (χ0) is 12.3. The van der Waals surface area contributed by atoms with E-state index in [1.165, 1.54) is 6.07 Å². The van der Waals surface area contributed by atoms with Gasteiger partial charge in [-0.1, -0.05) is 0 Å². The SMILES string of the molecule is N#C[C@@H](N)C(CC(F)(F)F)CC(F)(F)F. The second-order valence-corrected chi connectivity index (χ2v) is 3.05. The standard InChI is InChI=1S/C7H8F6N2/c8-6(9,10)1-4(5(15)3-14)2-7(11,12)13/h4-5H,1-2,15H2/t5-/m1/s1. The van der Waals surface area contributed by atoms with Gasteiger partial charge in [0.25, 0.3) is 0 Å². The Bertz CT molecular complexity index is 221. The summed E-state index contributed by atoms with van der Waals surface area (Å²) < 4.78 is 71.1. The van der Waals surface area contributed by atoms with Gasteiger partial charge in [-0.3, -0.25) is 0 Å². The molecule has 15 heavy (non-hydrogen) atoms. The Hall–Kier alpha value is -0.970. The maximum atomic E-state index is 11.8. The van der Waals surface area contributed by atoms with Crippen LogP contribution in [0.4, 0.5) is 26.3 Å². The average Bonchev–Trinajstić information content (AvgIpc) is 1.96. The van der Waals surface area contributed by atoms with Crippen LogP contribution in [0.1, 0.15) is 12.8 Å². The number of alkyl halides is 6. The van der Waals surface area contributed by atoms with Crippen LogP contribution in [0.15, 0.2) is 0 Å². The molecule has 0 rings (SSSR count). The van der Waals surface area contributed by atoms with E-state index >= 15 is 0 Å². The highest BCUT2D eigenvalue weighted by molar-refractivity contribution is 4.93. The summed E-state index contributed by atoms with van der Waals surface area (Å²) >= 11 is 0. The minimum absolute atomic E-state index is 1.19. The van der Waals surface area contributed by atoms with Crippen molar-refractivity contribution in [3.63, 3.8) is 0 Å². The maximum absolute atomic E-state index is 11.8. The van der Waals surface area contributed by atoms with E-state index in [1.54, 1.807) is 0 Å². The van der Waals surface area contributed by atoms with E-state index in [9.17, 15) is 26.3 Å². The van der Waals surface area contributed by atoms with Gasteiger partial charge in [-0.05, 0) is 0 Å². The van der Waals surface area contributed by atoms with Crippen LogP contribution in [0.5, 0.6) is 0 Å². The lowest BCUT2D eigenvalue weighted by molar-refractivity contribution is -0.173. The van der Waals surface area contributed by atoms with Gasteiger partial charge < -0.3 is 5.73 Å². The van der Waals surface area contributed by atoms with E-state index in [0.29, 0.717) is 0 Å². The lowest BCUT2D eigenvalue weighted by Crippen LogP contribution is -2.35. The Labute approximate surface area is 81.7 Å². The normalized spacial score (nSPS) is 15.1. The van der Waals surface area contributed by atoms with Crippen molar-refractivity contribution in [2.75, 3.05) is 0 Å². The molecule has 2 N–H and O–H groups in total. The zero-order valence-corrected chi connectivity index (χ0v) is 7.36. The zero-order valence-electron chi connectivity index (χ0n) is 7.36. The van der Waals surface area contributed by atoms with Crippen LogP contribution < -0.4 is 5.73 Å². The van der Waals surface area contributed by atoms with Gasteiger partial charge in [0, 0.05) is 18.8 Å². The molecule has 0 aromatic heterocycles. The first-order valence-corrected chi connectivity index (χ1v) is 3.84. The Morgan fingerprint density at radius 2 is 1.33 bits per heavy atom. The van der Waals surface area contributed by atoms with Gasteiger partial charge in [0.1, 0.15) is 0 Å². The van der Waals surface area contributed by atoms with Crippen molar-refractivity contribution in [1.82, 2.24) is 0 Å². The molecule has 0 heterocycles. The van der Waals surface area contributed by atoms with Crippen LogP contribution in [-0.4, -0.2) is 18.4 Å². The first kappa shape index (κ1) is 14.0. The smallest absolute Gasteiger partial charge is 0.316 e. The maximum Gasteiger partial charge on any atom is 0.389 e. The predicted molar refractivity (Wildman–Crippen MR) is 38.4 cm³/mol. The van der Waals surface area contributed by atoms with E-state index in [0.717, 1.165) is 0 Å². The molecular formula is C7H8F6N2. The number of nitrogens with zero attached hydrogens (tertiary/aromatic N) is 1. The first-order chi connectivity index (χ1) is 6.55.